The van der Waals surface area contributed by atoms with Crippen molar-refractivity contribution in [2.24, 2.45) is 0 Å². The molecule has 0 unspecified atom stereocenters. The Hall–Kier alpha value is -2.19. The molecule has 0 saturated heterocycles. The van der Waals surface area contributed by atoms with Crippen LogP contribution >= 0.6 is 23.1 Å². The minimum absolute atomic E-state index is 0.0791. The third kappa shape index (κ3) is 4.65. The molecule has 3 aromatic rings. The zero-order chi connectivity index (χ0) is 16.8. The smallest absolute Gasteiger partial charge is 0.230 e. The van der Waals surface area contributed by atoms with Crippen LogP contribution < -0.4 is 5.32 Å². The quantitative estimate of drug-likeness (QED) is 0.634. The number of hydrogen-bond acceptors (Lipinski definition) is 5. The molecule has 0 saturated carbocycles. The summed E-state index contributed by atoms with van der Waals surface area (Å²) in [5.74, 6) is 0.631. The van der Waals surface area contributed by atoms with Gasteiger partial charge in [0.15, 0.2) is 5.82 Å². The van der Waals surface area contributed by atoms with Gasteiger partial charge in [0.25, 0.3) is 0 Å². The molecular weight excluding hydrogens is 347 g/mol. The molecule has 0 atom stereocenters. The Kier molecular flexibility index (Phi) is 5.60. The van der Waals surface area contributed by atoms with Crippen LogP contribution in [0.5, 0.6) is 0 Å². The first kappa shape index (κ1) is 16.7. The van der Waals surface area contributed by atoms with Crippen LogP contribution in [0.1, 0.15) is 5.56 Å². The summed E-state index contributed by atoms with van der Waals surface area (Å²) in [5, 5.41) is 12.3. The third-order valence-electron chi connectivity index (χ3n) is 3.20. The molecule has 5 nitrogen and oxygen atoms in total. The van der Waals surface area contributed by atoms with Gasteiger partial charge in [0, 0.05) is 6.54 Å². The number of carbonyl (C=O) groups is 1. The first-order chi connectivity index (χ1) is 11.7. The van der Waals surface area contributed by atoms with E-state index >= 15 is 0 Å². The summed E-state index contributed by atoms with van der Waals surface area (Å²) in [7, 11) is 0. The van der Waals surface area contributed by atoms with Gasteiger partial charge in [-0.2, -0.15) is 0 Å². The van der Waals surface area contributed by atoms with Crippen LogP contribution in [0, 0.1) is 5.82 Å². The average molecular weight is 362 g/mol. The molecule has 0 aliphatic carbocycles. The summed E-state index contributed by atoms with van der Waals surface area (Å²) in [4.78, 5) is 17.2. The summed E-state index contributed by atoms with van der Waals surface area (Å²) < 4.78 is 12.8. The number of H-pyrrole nitrogens is 1. The lowest BCUT2D eigenvalue weighted by Crippen LogP contribution is -2.27. The molecule has 0 radical (unpaired) electrons. The molecule has 2 heterocycles. The Morgan fingerprint density at radius 1 is 1.29 bits per heavy atom. The number of thiophene rings is 1. The van der Waals surface area contributed by atoms with E-state index in [0.717, 1.165) is 10.4 Å². The fourth-order valence-electron chi connectivity index (χ4n) is 2.01. The number of benzene rings is 1. The highest BCUT2D eigenvalue weighted by Gasteiger charge is 2.09. The highest BCUT2D eigenvalue weighted by atomic mass is 32.2. The van der Waals surface area contributed by atoms with Crippen molar-refractivity contribution in [3.63, 3.8) is 0 Å². The van der Waals surface area contributed by atoms with E-state index in [-0.39, 0.29) is 17.5 Å². The maximum Gasteiger partial charge on any atom is 0.230 e. The zero-order valence-electron chi connectivity index (χ0n) is 12.7. The van der Waals surface area contributed by atoms with E-state index in [0.29, 0.717) is 23.9 Å². The predicted octanol–water partition coefficient (Wildman–Crippen LogP) is 3.12. The number of aromatic nitrogens is 3. The Morgan fingerprint density at radius 2 is 2.12 bits per heavy atom. The molecular formula is C16H15FN4OS2. The van der Waals surface area contributed by atoms with Gasteiger partial charge in [0.2, 0.25) is 11.1 Å². The van der Waals surface area contributed by atoms with E-state index < -0.39 is 0 Å². The van der Waals surface area contributed by atoms with Gasteiger partial charge in [0.1, 0.15) is 5.82 Å². The van der Waals surface area contributed by atoms with E-state index in [4.69, 9.17) is 0 Å². The van der Waals surface area contributed by atoms with Gasteiger partial charge in [0.05, 0.1) is 10.6 Å². The summed E-state index contributed by atoms with van der Waals surface area (Å²) in [5.41, 5.74) is 0.985. The number of carbonyl (C=O) groups excluding carboxylic acids is 1. The predicted molar refractivity (Wildman–Crippen MR) is 93.5 cm³/mol. The lowest BCUT2D eigenvalue weighted by molar-refractivity contribution is -0.118. The largest absolute Gasteiger partial charge is 0.355 e. The van der Waals surface area contributed by atoms with E-state index in [1.165, 1.54) is 23.9 Å². The summed E-state index contributed by atoms with van der Waals surface area (Å²) in [6.07, 6.45) is 0.667. The van der Waals surface area contributed by atoms with Gasteiger partial charge in [-0.05, 0) is 35.6 Å². The van der Waals surface area contributed by atoms with E-state index in [2.05, 4.69) is 20.5 Å². The summed E-state index contributed by atoms with van der Waals surface area (Å²) >= 11 is 2.86. The normalized spacial score (nSPS) is 10.7. The molecule has 8 heteroatoms. The van der Waals surface area contributed by atoms with Crippen LogP contribution in [0.2, 0.25) is 0 Å². The topological polar surface area (TPSA) is 70.7 Å². The Balaban J connectivity index is 1.40. The highest BCUT2D eigenvalue weighted by molar-refractivity contribution is 7.99. The third-order valence-corrected chi connectivity index (χ3v) is 4.92. The number of hydrogen-bond donors (Lipinski definition) is 2. The van der Waals surface area contributed by atoms with Crippen LogP contribution in [0.15, 0.2) is 46.9 Å². The Morgan fingerprint density at radius 3 is 2.88 bits per heavy atom. The number of amides is 1. The Bertz CT molecular complexity index is 787. The summed E-state index contributed by atoms with van der Waals surface area (Å²) in [6.45, 7) is 0.513. The van der Waals surface area contributed by atoms with Crippen molar-refractivity contribution >= 4 is 29.0 Å². The molecule has 1 amide bonds. The van der Waals surface area contributed by atoms with Crippen molar-refractivity contribution in [3.05, 3.63) is 53.2 Å². The molecule has 124 valence electrons. The van der Waals surface area contributed by atoms with Crippen molar-refractivity contribution in [3.8, 4) is 10.7 Å². The maximum absolute atomic E-state index is 12.8. The number of aromatic amines is 1. The second-order valence-corrected chi connectivity index (χ2v) is 6.85. The molecule has 0 fully saturated rings. The Labute approximate surface area is 146 Å². The van der Waals surface area contributed by atoms with Crippen LogP contribution in [-0.4, -0.2) is 33.4 Å². The molecule has 2 aromatic heterocycles. The summed E-state index contributed by atoms with van der Waals surface area (Å²) in [6, 6.07) is 10.2. The standard InChI is InChI=1S/C16H15FN4OS2/c17-12-5-3-11(4-6-12)7-8-18-14(22)10-24-16-19-15(20-21-16)13-2-1-9-23-13/h1-6,9H,7-8,10H2,(H,18,22)(H,19,20,21). The van der Waals surface area contributed by atoms with Crippen LogP contribution in [0.3, 0.4) is 0 Å². The molecule has 2 N–H and O–H groups in total. The first-order valence-electron chi connectivity index (χ1n) is 7.31. The van der Waals surface area contributed by atoms with Crippen molar-refractivity contribution in [1.82, 2.24) is 20.5 Å². The van der Waals surface area contributed by atoms with Gasteiger partial charge < -0.3 is 5.32 Å². The molecule has 24 heavy (non-hydrogen) atoms. The molecule has 1 aromatic carbocycles. The minimum Gasteiger partial charge on any atom is -0.355 e. The second kappa shape index (κ2) is 8.07. The first-order valence-corrected chi connectivity index (χ1v) is 9.17. The van der Waals surface area contributed by atoms with Gasteiger partial charge >= 0.3 is 0 Å². The van der Waals surface area contributed by atoms with Crippen LogP contribution in [0.25, 0.3) is 10.7 Å². The lowest BCUT2D eigenvalue weighted by atomic mass is 10.1. The van der Waals surface area contributed by atoms with Gasteiger partial charge in [-0.15, -0.1) is 16.4 Å². The fourth-order valence-corrected chi connectivity index (χ4v) is 3.31. The highest BCUT2D eigenvalue weighted by Crippen LogP contribution is 2.22. The maximum atomic E-state index is 12.8. The van der Waals surface area contributed by atoms with Gasteiger partial charge in [-0.1, -0.05) is 30.0 Å². The van der Waals surface area contributed by atoms with Gasteiger partial charge in [-0.25, -0.2) is 9.37 Å². The monoisotopic (exact) mass is 362 g/mol. The average Bonchev–Trinajstić information content (AvgIpc) is 3.26. The molecule has 0 spiro atoms. The number of nitrogens with one attached hydrogen (secondary N) is 2. The van der Waals surface area contributed by atoms with Crippen molar-refractivity contribution in [1.29, 1.82) is 0 Å². The lowest BCUT2D eigenvalue weighted by Gasteiger charge is -2.04. The number of thioether (sulfide) groups is 1. The second-order valence-electron chi connectivity index (χ2n) is 4.96. The van der Waals surface area contributed by atoms with Crippen molar-refractivity contribution in [2.75, 3.05) is 12.3 Å². The van der Waals surface area contributed by atoms with E-state index in [9.17, 15) is 9.18 Å². The van der Waals surface area contributed by atoms with Crippen LogP contribution in [0.4, 0.5) is 4.39 Å². The zero-order valence-corrected chi connectivity index (χ0v) is 14.3. The van der Waals surface area contributed by atoms with E-state index in [1.807, 2.05) is 17.5 Å². The number of nitrogens with zero attached hydrogens (tertiary/aromatic N) is 2. The van der Waals surface area contributed by atoms with Gasteiger partial charge in [-0.3, -0.25) is 9.89 Å². The van der Waals surface area contributed by atoms with Crippen molar-refractivity contribution < 1.29 is 9.18 Å². The molecule has 3 rings (SSSR count). The number of rotatable bonds is 7. The molecule has 0 aliphatic heterocycles. The minimum atomic E-state index is -0.257. The number of halogens is 1. The SMILES string of the molecule is O=C(CSc1n[nH]c(-c2cccs2)n1)NCCc1ccc(F)cc1. The van der Waals surface area contributed by atoms with Crippen LogP contribution in [-0.2, 0) is 11.2 Å². The van der Waals surface area contributed by atoms with Crippen molar-refractivity contribution in [2.45, 2.75) is 11.6 Å². The molecule has 0 aliphatic rings. The van der Waals surface area contributed by atoms with E-state index in [1.54, 1.807) is 23.5 Å². The fraction of sp³-hybridized carbons (Fsp3) is 0.188. The molecule has 0 bridgehead atoms.